The molecule has 1 aromatic rings. The summed E-state index contributed by atoms with van der Waals surface area (Å²) in [6.07, 6.45) is 6.42. The van der Waals surface area contributed by atoms with Gasteiger partial charge in [0.05, 0.1) is 8.07 Å². The second-order valence-corrected chi connectivity index (χ2v) is 10.3. The minimum Gasteiger partial charge on any atom is -0.306 e. The van der Waals surface area contributed by atoms with E-state index in [0.717, 1.165) is 0 Å². The molecule has 17 heavy (non-hydrogen) atoms. The molecule has 1 aliphatic rings. The van der Waals surface area contributed by atoms with Gasteiger partial charge in [0, 0.05) is 0 Å². The SMILES string of the molecule is C[Si](C)(/C=C\c1ccccc1)CN1CCCC1. The topological polar surface area (TPSA) is 3.24 Å². The molecule has 0 amide bonds. The lowest BCUT2D eigenvalue weighted by Crippen LogP contribution is -2.39. The van der Waals surface area contributed by atoms with Crippen LogP contribution in [0.3, 0.4) is 0 Å². The highest BCUT2D eigenvalue weighted by molar-refractivity contribution is 6.82. The van der Waals surface area contributed by atoms with Crippen molar-refractivity contribution in [3.05, 3.63) is 41.6 Å². The van der Waals surface area contributed by atoms with Gasteiger partial charge in [0.15, 0.2) is 0 Å². The summed E-state index contributed by atoms with van der Waals surface area (Å²) in [5, 5.41) is 0. The normalized spacial score (nSPS) is 18.0. The molecule has 0 bridgehead atoms. The molecular weight excluding hydrogens is 222 g/mol. The predicted octanol–water partition coefficient (Wildman–Crippen LogP) is 3.58. The molecule has 0 radical (unpaired) electrons. The molecule has 0 saturated carbocycles. The monoisotopic (exact) mass is 245 g/mol. The van der Waals surface area contributed by atoms with E-state index in [1.807, 2.05) is 0 Å². The summed E-state index contributed by atoms with van der Waals surface area (Å²) < 4.78 is 0. The Labute approximate surface area is 106 Å². The lowest BCUT2D eigenvalue weighted by atomic mass is 10.2. The maximum absolute atomic E-state index is 2.64. The average molecular weight is 245 g/mol. The van der Waals surface area contributed by atoms with Crippen molar-refractivity contribution in [3.63, 3.8) is 0 Å². The van der Waals surface area contributed by atoms with Crippen molar-refractivity contribution in [2.45, 2.75) is 25.9 Å². The number of benzene rings is 1. The van der Waals surface area contributed by atoms with Crippen LogP contribution >= 0.6 is 0 Å². The summed E-state index contributed by atoms with van der Waals surface area (Å²) in [5.41, 5.74) is 3.81. The van der Waals surface area contributed by atoms with Gasteiger partial charge in [-0.05, 0) is 37.7 Å². The van der Waals surface area contributed by atoms with E-state index in [1.54, 1.807) is 0 Å². The minimum atomic E-state index is -1.21. The van der Waals surface area contributed by atoms with Crippen LogP contribution < -0.4 is 0 Å². The molecule has 0 N–H and O–H groups in total. The fraction of sp³-hybridized carbons (Fsp3) is 0.467. The fourth-order valence-corrected chi connectivity index (χ4v) is 4.67. The third-order valence-electron chi connectivity index (χ3n) is 3.36. The van der Waals surface area contributed by atoms with Crippen LogP contribution in [0.15, 0.2) is 36.0 Å². The van der Waals surface area contributed by atoms with Crippen LogP contribution in [0, 0.1) is 0 Å². The summed E-state index contributed by atoms with van der Waals surface area (Å²) in [7, 11) is -1.21. The molecule has 2 heteroatoms. The van der Waals surface area contributed by atoms with E-state index in [4.69, 9.17) is 0 Å². The Bertz CT molecular complexity index is 364. The standard InChI is InChI=1S/C15H23NSi/c1-17(2,14-16-11-6-7-12-16)13-10-15-8-4-3-5-9-15/h3-5,8-10,13H,6-7,11-12,14H2,1-2H3/b13-10-. The van der Waals surface area contributed by atoms with Gasteiger partial charge in [-0.3, -0.25) is 0 Å². The molecule has 2 rings (SSSR count). The summed E-state index contributed by atoms with van der Waals surface area (Å²) in [5.74, 6) is 0. The number of likely N-dealkylation sites (tertiary alicyclic amines) is 1. The first-order chi connectivity index (χ1) is 8.16. The Kier molecular flexibility index (Phi) is 4.19. The van der Waals surface area contributed by atoms with Crippen LogP contribution in [0.4, 0.5) is 0 Å². The molecule has 1 saturated heterocycles. The molecule has 1 heterocycles. The van der Waals surface area contributed by atoms with Gasteiger partial charge in [0.2, 0.25) is 0 Å². The molecule has 0 aliphatic carbocycles. The molecule has 0 atom stereocenters. The second kappa shape index (κ2) is 5.65. The Balaban J connectivity index is 1.93. The zero-order valence-corrected chi connectivity index (χ0v) is 12.0. The zero-order valence-electron chi connectivity index (χ0n) is 11.0. The van der Waals surface area contributed by atoms with Crippen LogP contribution in [-0.4, -0.2) is 32.2 Å². The second-order valence-electron chi connectivity index (χ2n) is 5.72. The Morgan fingerprint density at radius 3 is 2.41 bits per heavy atom. The van der Waals surface area contributed by atoms with Gasteiger partial charge in [0.1, 0.15) is 0 Å². The number of rotatable bonds is 4. The van der Waals surface area contributed by atoms with Gasteiger partial charge in [-0.15, -0.1) is 0 Å². The Morgan fingerprint density at radius 2 is 1.76 bits per heavy atom. The van der Waals surface area contributed by atoms with E-state index < -0.39 is 8.07 Å². The molecule has 1 fully saturated rings. The van der Waals surface area contributed by atoms with Gasteiger partial charge in [-0.25, -0.2) is 0 Å². The predicted molar refractivity (Wildman–Crippen MR) is 78.6 cm³/mol. The molecular formula is C15H23NSi. The average Bonchev–Trinajstić information content (AvgIpc) is 2.80. The smallest absolute Gasteiger partial charge is 0.0861 e. The quantitative estimate of drug-likeness (QED) is 0.733. The maximum Gasteiger partial charge on any atom is 0.0861 e. The lowest BCUT2D eigenvalue weighted by Gasteiger charge is -2.25. The van der Waals surface area contributed by atoms with E-state index in [9.17, 15) is 0 Å². The van der Waals surface area contributed by atoms with Crippen molar-refractivity contribution in [1.29, 1.82) is 0 Å². The van der Waals surface area contributed by atoms with Crippen LogP contribution in [0.2, 0.25) is 13.1 Å². The third kappa shape index (κ3) is 4.13. The van der Waals surface area contributed by atoms with E-state index in [0.29, 0.717) is 0 Å². The molecule has 0 unspecified atom stereocenters. The van der Waals surface area contributed by atoms with Gasteiger partial charge in [0.25, 0.3) is 0 Å². The summed E-state index contributed by atoms with van der Waals surface area (Å²) in [6.45, 7) is 7.56. The summed E-state index contributed by atoms with van der Waals surface area (Å²) in [6, 6.07) is 10.6. The summed E-state index contributed by atoms with van der Waals surface area (Å²) >= 11 is 0. The van der Waals surface area contributed by atoms with Gasteiger partial charge < -0.3 is 4.90 Å². The number of hydrogen-bond acceptors (Lipinski definition) is 1. The molecule has 1 aliphatic heterocycles. The van der Waals surface area contributed by atoms with Crippen molar-refractivity contribution < 1.29 is 0 Å². The van der Waals surface area contributed by atoms with E-state index >= 15 is 0 Å². The molecule has 0 aromatic heterocycles. The fourth-order valence-electron chi connectivity index (χ4n) is 2.46. The zero-order chi connectivity index (χ0) is 12.1. The van der Waals surface area contributed by atoms with Crippen LogP contribution in [0.1, 0.15) is 18.4 Å². The van der Waals surface area contributed by atoms with Crippen molar-refractivity contribution in [2.24, 2.45) is 0 Å². The highest BCUT2D eigenvalue weighted by Crippen LogP contribution is 2.14. The Morgan fingerprint density at radius 1 is 1.12 bits per heavy atom. The van der Waals surface area contributed by atoms with Crippen molar-refractivity contribution in [1.82, 2.24) is 4.90 Å². The van der Waals surface area contributed by atoms with E-state index in [-0.39, 0.29) is 0 Å². The summed E-state index contributed by atoms with van der Waals surface area (Å²) in [4.78, 5) is 2.64. The maximum atomic E-state index is 2.64. The first-order valence-electron chi connectivity index (χ1n) is 6.62. The highest BCUT2D eigenvalue weighted by atomic mass is 28.3. The van der Waals surface area contributed by atoms with E-state index in [1.165, 1.54) is 37.7 Å². The third-order valence-corrected chi connectivity index (χ3v) is 5.69. The highest BCUT2D eigenvalue weighted by Gasteiger charge is 2.22. The largest absolute Gasteiger partial charge is 0.306 e. The van der Waals surface area contributed by atoms with Gasteiger partial charge >= 0.3 is 0 Å². The number of nitrogens with zero attached hydrogens (tertiary/aromatic N) is 1. The van der Waals surface area contributed by atoms with Gasteiger partial charge in [-0.1, -0.05) is 55.2 Å². The minimum absolute atomic E-state index is 1.21. The van der Waals surface area contributed by atoms with Crippen LogP contribution in [0.25, 0.3) is 6.08 Å². The first-order valence-corrected chi connectivity index (χ1v) is 9.91. The molecule has 92 valence electrons. The van der Waals surface area contributed by atoms with Crippen molar-refractivity contribution in [2.75, 3.05) is 19.3 Å². The van der Waals surface area contributed by atoms with Gasteiger partial charge in [-0.2, -0.15) is 0 Å². The van der Waals surface area contributed by atoms with Crippen LogP contribution in [0.5, 0.6) is 0 Å². The lowest BCUT2D eigenvalue weighted by molar-refractivity contribution is 0.390. The number of hydrogen-bond donors (Lipinski definition) is 0. The molecule has 1 aromatic carbocycles. The Hall–Kier alpha value is -0.863. The van der Waals surface area contributed by atoms with Crippen molar-refractivity contribution in [3.8, 4) is 0 Å². The van der Waals surface area contributed by atoms with Crippen LogP contribution in [-0.2, 0) is 0 Å². The first kappa shape index (κ1) is 12.6. The molecule has 0 spiro atoms. The van der Waals surface area contributed by atoms with E-state index in [2.05, 4.69) is 60.1 Å². The molecule has 1 nitrogen and oxygen atoms in total. The van der Waals surface area contributed by atoms with Crippen molar-refractivity contribution >= 4 is 14.1 Å².